The predicted octanol–water partition coefficient (Wildman–Crippen LogP) is 2.18. The van der Waals surface area contributed by atoms with Gasteiger partial charge in [-0.2, -0.15) is 0 Å². The molecule has 2 aromatic rings. The molecule has 0 saturated carbocycles. The zero-order chi connectivity index (χ0) is 20.4. The van der Waals surface area contributed by atoms with Gasteiger partial charge in [0.1, 0.15) is 6.61 Å². The number of hydrogen-bond acceptors (Lipinski definition) is 6. The number of carbonyl (C=O) groups is 1. The first kappa shape index (κ1) is 19.8. The smallest absolute Gasteiger partial charge is 0.415 e. The van der Waals surface area contributed by atoms with Crippen LogP contribution in [0.25, 0.3) is 0 Å². The number of piperidine rings is 1. The fourth-order valence-electron chi connectivity index (χ4n) is 3.93. The highest BCUT2D eigenvalue weighted by Gasteiger charge is 2.35. The molecule has 154 valence electrons. The minimum absolute atomic E-state index is 0.122. The van der Waals surface area contributed by atoms with E-state index in [0.717, 1.165) is 11.3 Å². The van der Waals surface area contributed by atoms with Crippen LogP contribution in [0.2, 0.25) is 0 Å². The molecule has 8 nitrogen and oxygen atoms in total. The largest absolute Gasteiger partial charge is 0.447 e. The molecule has 4 rings (SSSR count). The van der Waals surface area contributed by atoms with Crippen molar-refractivity contribution in [1.29, 1.82) is 0 Å². The second kappa shape index (κ2) is 8.08. The maximum Gasteiger partial charge on any atom is 0.415 e. The zero-order valence-electron chi connectivity index (χ0n) is 16.3. The molecule has 9 heteroatoms. The van der Waals surface area contributed by atoms with E-state index in [2.05, 4.69) is 9.97 Å². The van der Waals surface area contributed by atoms with Gasteiger partial charge in [-0.25, -0.2) is 22.5 Å². The van der Waals surface area contributed by atoms with Crippen LogP contribution in [-0.2, 0) is 21.2 Å². The number of aromatic nitrogens is 2. The quantitative estimate of drug-likeness (QED) is 0.742. The number of nitrogens with zero attached hydrogens (tertiary/aromatic N) is 4. The van der Waals surface area contributed by atoms with E-state index >= 15 is 0 Å². The van der Waals surface area contributed by atoms with Crippen molar-refractivity contribution in [2.75, 3.05) is 30.9 Å². The van der Waals surface area contributed by atoms with E-state index in [9.17, 15) is 13.2 Å². The number of cyclic esters (lactones) is 1. The third-order valence-corrected chi connectivity index (χ3v) is 6.82. The van der Waals surface area contributed by atoms with E-state index in [1.54, 1.807) is 17.3 Å². The van der Waals surface area contributed by atoms with Gasteiger partial charge in [0.2, 0.25) is 10.0 Å². The molecular weight excluding hydrogens is 392 g/mol. The second-order valence-corrected chi connectivity index (χ2v) is 9.51. The van der Waals surface area contributed by atoms with Crippen LogP contribution in [0.5, 0.6) is 0 Å². The Hall–Kier alpha value is -2.52. The SMILES string of the molecule is CS(=O)(=O)N1CCC(c2cnc(N3C(=O)OCC3Cc3ccccc3)cn2)CC1. The lowest BCUT2D eigenvalue weighted by Gasteiger charge is -2.29. The molecule has 2 aliphatic heterocycles. The van der Waals surface area contributed by atoms with Crippen LogP contribution >= 0.6 is 0 Å². The van der Waals surface area contributed by atoms with Crippen LogP contribution in [0.1, 0.15) is 30.0 Å². The van der Waals surface area contributed by atoms with Crippen LogP contribution < -0.4 is 4.90 Å². The number of benzene rings is 1. The molecule has 1 aromatic carbocycles. The Morgan fingerprint density at radius 1 is 1.10 bits per heavy atom. The van der Waals surface area contributed by atoms with Crippen LogP contribution in [0.3, 0.4) is 0 Å². The number of hydrogen-bond donors (Lipinski definition) is 0. The summed E-state index contributed by atoms with van der Waals surface area (Å²) in [5, 5.41) is 0. The molecule has 0 spiro atoms. The summed E-state index contributed by atoms with van der Waals surface area (Å²) in [6, 6.07) is 9.84. The molecule has 2 saturated heterocycles. The Morgan fingerprint density at radius 2 is 1.83 bits per heavy atom. The summed E-state index contributed by atoms with van der Waals surface area (Å²) in [6.45, 7) is 1.30. The third kappa shape index (κ3) is 4.40. The van der Waals surface area contributed by atoms with Crippen molar-refractivity contribution in [2.24, 2.45) is 0 Å². The van der Waals surface area contributed by atoms with Crippen LogP contribution in [0.15, 0.2) is 42.7 Å². The Morgan fingerprint density at radius 3 is 2.45 bits per heavy atom. The van der Waals surface area contributed by atoms with Crippen molar-refractivity contribution in [1.82, 2.24) is 14.3 Å². The number of amides is 1. The lowest BCUT2D eigenvalue weighted by Crippen LogP contribution is -2.37. The topological polar surface area (TPSA) is 92.7 Å². The van der Waals surface area contributed by atoms with Crippen molar-refractivity contribution in [3.8, 4) is 0 Å². The standard InChI is InChI=1S/C20H24N4O4S/c1-29(26,27)23-9-7-16(8-10-23)18-12-22-19(13-21-18)24-17(14-28-20(24)25)11-15-5-3-2-4-6-15/h2-6,12-13,16-17H,7-11,14H2,1H3. The maximum absolute atomic E-state index is 12.3. The number of carbonyl (C=O) groups excluding carboxylic acids is 1. The lowest BCUT2D eigenvalue weighted by atomic mass is 9.95. The fraction of sp³-hybridized carbons (Fsp3) is 0.450. The monoisotopic (exact) mass is 416 g/mol. The summed E-state index contributed by atoms with van der Waals surface area (Å²) in [4.78, 5) is 22.8. The fourth-order valence-corrected chi connectivity index (χ4v) is 4.80. The van der Waals surface area contributed by atoms with E-state index < -0.39 is 16.1 Å². The van der Waals surface area contributed by atoms with Gasteiger partial charge in [-0.3, -0.25) is 9.88 Å². The second-order valence-electron chi connectivity index (χ2n) is 7.53. The van der Waals surface area contributed by atoms with E-state index in [1.807, 2.05) is 30.3 Å². The van der Waals surface area contributed by atoms with Crippen LogP contribution in [0.4, 0.5) is 10.6 Å². The lowest BCUT2D eigenvalue weighted by molar-refractivity contribution is 0.178. The molecule has 3 heterocycles. The van der Waals surface area contributed by atoms with E-state index in [1.165, 1.54) is 10.6 Å². The average Bonchev–Trinajstić information content (AvgIpc) is 3.08. The van der Waals surface area contributed by atoms with Gasteiger partial charge in [0, 0.05) is 19.0 Å². The Kier molecular flexibility index (Phi) is 5.51. The normalized spacial score (nSPS) is 21.3. The van der Waals surface area contributed by atoms with Gasteiger partial charge in [0.05, 0.1) is 30.4 Å². The first-order valence-corrected chi connectivity index (χ1v) is 11.5. The van der Waals surface area contributed by atoms with Crippen molar-refractivity contribution in [3.05, 3.63) is 54.0 Å². The molecule has 1 amide bonds. The summed E-state index contributed by atoms with van der Waals surface area (Å²) in [6.07, 6.45) is 6.24. The Bertz CT molecular complexity index is 958. The van der Waals surface area contributed by atoms with Gasteiger partial charge in [-0.1, -0.05) is 30.3 Å². The van der Waals surface area contributed by atoms with E-state index in [0.29, 0.717) is 44.8 Å². The third-order valence-electron chi connectivity index (χ3n) is 5.52. The Labute approximate surface area is 170 Å². The number of rotatable bonds is 5. The Balaban J connectivity index is 1.45. The molecule has 1 atom stereocenters. The van der Waals surface area contributed by atoms with Crippen molar-refractivity contribution in [3.63, 3.8) is 0 Å². The summed E-state index contributed by atoms with van der Waals surface area (Å²) >= 11 is 0. The zero-order valence-corrected chi connectivity index (χ0v) is 17.1. The highest BCUT2D eigenvalue weighted by molar-refractivity contribution is 7.88. The van der Waals surface area contributed by atoms with Crippen LogP contribution in [-0.4, -0.2) is 60.8 Å². The average molecular weight is 417 g/mol. The summed E-state index contributed by atoms with van der Waals surface area (Å²) in [7, 11) is -3.15. The molecule has 0 bridgehead atoms. The van der Waals surface area contributed by atoms with Gasteiger partial charge in [0.15, 0.2) is 5.82 Å². The molecule has 2 fully saturated rings. The van der Waals surface area contributed by atoms with E-state index in [-0.39, 0.29) is 12.0 Å². The minimum Gasteiger partial charge on any atom is -0.447 e. The molecule has 0 N–H and O–H groups in total. The number of anilines is 1. The molecule has 0 radical (unpaired) electrons. The van der Waals surface area contributed by atoms with Crippen molar-refractivity contribution < 1.29 is 17.9 Å². The highest BCUT2D eigenvalue weighted by atomic mass is 32.2. The summed E-state index contributed by atoms with van der Waals surface area (Å²) in [5.41, 5.74) is 1.96. The van der Waals surface area contributed by atoms with E-state index in [4.69, 9.17) is 4.74 Å². The van der Waals surface area contributed by atoms with Gasteiger partial charge in [-0.15, -0.1) is 0 Å². The molecule has 29 heavy (non-hydrogen) atoms. The maximum atomic E-state index is 12.3. The van der Waals surface area contributed by atoms with Gasteiger partial charge in [-0.05, 0) is 24.8 Å². The first-order valence-electron chi connectivity index (χ1n) is 9.69. The van der Waals surface area contributed by atoms with Crippen molar-refractivity contribution in [2.45, 2.75) is 31.2 Å². The molecule has 1 aromatic heterocycles. The molecule has 1 unspecified atom stereocenters. The molecule has 0 aliphatic carbocycles. The van der Waals surface area contributed by atoms with Gasteiger partial charge >= 0.3 is 6.09 Å². The highest BCUT2D eigenvalue weighted by Crippen LogP contribution is 2.29. The predicted molar refractivity (Wildman–Crippen MR) is 108 cm³/mol. The number of sulfonamides is 1. The molecule has 2 aliphatic rings. The van der Waals surface area contributed by atoms with Gasteiger partial charge in [0.25, 0.3) is 0 Å². The van der Waals surface area contributed by atoms with Gasteiger partial charge < -0.3 is 4.74 Å². The van der Waals surface area contributed by atoms with Crippen LogP contribution in [0, 0.1) is 0 Å². The number of ether oxygens (including phenoxy) is 1. The van der Waals surface area contributed by atoms with Crippen molar-refractivity contribution >= 4 is 21.9 Å². The molecular formula is C20H24N4O4S. The summed E-state index contributed by atoms with van der Waals surface area (Å²) in [5.74, 6) is 0.644. The summed E-state index contributed by atoms with van der Waals surface area (Å²) < 4.78 is 30.1. The first-order chi connectivity index (χ1) is 13.9. The minimum atomic E-state index is -3.15.